The summed E-state index contributed by atoms with van der Waals surface area (Å²) in [4.78, 5) is 55.2. The predicted molar refractivity (Wildman–Crippen MR) is 160 cm³/mol. The Morgan fingerprint density at radius 3 is 2.12 bits per heavy atom. The number of nitrogens with one attached hydrogen (secondary N) is 4. The first-order valence-electron chi connectivity index (χ1n) is 14.1. The minimum absolute atomic E-state index is 0.0344. The lowest BCUT2D eigenvalue weighted by Crippen LogP contribution is -2.59. The van der Waals surface area contributed by atoms with Gasteiger partial charge in [-0.05, 0) is 41.2 Å². The molecule has 0 aliphatic heterocycles. The Kier molecular flexibility index (Phi) is 11.1. The van der Waals surface area contributed by atoms with Gasteiger partial charge >= 0.3 is 5.97 Å². The predicted octanol–water partition coefficient (Wildman–Crippen LogP) is 2.23. The molecule has 1 aromatic heterocycles. The average molecular weight is 580 g/mol. The molecule has 1 heterocycles. The Bertz CT molecular complexity index is 1390. The van der Waals surface area contributed by atoms with Crippen molar-refractivity contribution in [2.24, 2.45) is 17.6 Å². The lowest BCUT2D eigenvalue weighted by molar-refractivity contribution is -0.142. The molecule has 0 saturated carbocycles. The van der Waals surface area contributed by atoms with E-state index in [-0.39, 0.29) is 30.4 Å². The highest BCUT2D eigenvalue weighted by Gasteiger charge is 2.33. The van der Waals surface area contributed by atoms with E-state index in [1.54, 1.807) is 32.2 Å². The first-order valence-corrected chi connectivity index (χ1v) is 14.1. The van der Waals surface area contributed by atoms with Crippen molar-refractivity contribution in [3.63, 3.8) is 0 Å². The van der Waals surface area contributed by atoms with Gasteiger partial charge in [-0.15, -0.1) is 0 Å². The first-order chi connectivity index (χ1) is 19.9. The Morgan fingerprint density at radius 2 is 1.50 bits per heavy atom. The van der Waals surface area contributed by atoms with Crippen molar-refractivity contribution in [2.45, 2.75) is 71.1 Å². The summed E-state index contributed by atoms with van der Waals surface area (Å²) in [6.45, 7) is 7.32. The van der Waals surface area contributed by atoms with Crippen LogP contribution in [0.1, 0.15) is 45.2 Å². The van der Waals surface area contributed by atoms with Gasteiger partial charge in [0.2, 0.25) is 17.7 Å². The van der Waals surface area contributed by atoms with E-state index in [1.807, 2.05) is 38.1 Å². The number of aromatic hydroxyl groups is 1. The Balaban J connectivity index is 1.86. The number of phenolic OH excluding ortho intramolecular Hbond substituents is 1. The number of nitrogens with two attached hydrogens (primary N) is 1. The van der Waals surface area contributed by atoms with E-state index in [4.69, 9.17) is 5.73 Å². The quantitative estimate of drug-likeness (QED) is 0.152. The maximum absolute atomic E-state index is 13.6. The second-order valence-corrected chi connectivity index (χ2v) is 11.0. The van der Waals surface area contributed by atoms with Gasteiger partial charge in [-0.2, -0.15) is 0 Å². The molecular weight excluding hydrogens is 538 g/mol. The summed E-state index contributed by atoms with van der Waals surface area (Å²) >= 11 is 0. The van der Waals surface area contributed by atoms with Crippen LogP contribution in [0.4, 0.5) is 0 Å². The average Bonchev–Trinajstić information content (AvgIpc) is 3.37. The SMILES string of the molecule is CCC(C)C(N)C(=O)NC(C(=O)NC(Cc1c[nH]c2ccccc12)C(=O)NC(Cc1ccc(O)cc1)C(=O)O)C(C)C. The number of para-hydroxylation sites is 1. The smallest absolute Gasteiger partial charge is 0.326 e. The number of aromatic amines is 1. The molecule has 0 aliphatic carbocycles. The van der Waals surface area contributed by atoms with Crippen LogP contribution in [0.15, 0.2) is 54.7 Å². The number of aromatic nitrogens is 1. The second kappa shape index (κ2) is 14.5. The zero-order valence-corrected chi connectivity index (χ0v) is 24.4. The molecule has 3 rings (SSSR count). The van der Waals surface area contributed by atoms with Crippen molar-refractivity contribution < 1.29 is 29.4 Å². The van der Waals surface area contributed by atoms with Gasteiger partial charge in [0.15, 0.2) is 0 Å². The molecule has 0 saturated heterocycles. The molecule has 3 aromatic rings. The molecule has 2 aromatic carbocycles. The number of aliphatic carboxylic acids is 1. The first kappa shape index (κ1) is 32.1. The number of carbonyl (C=O) groups is 4. The normalized spacial score (nSPS) is 14.9. The number of fused-ring (bicyclic) bond motifs is 1. The molecule has 0 spiro atoms. The highest BCUT2D eigenvalue weighted by atomic mass is 16.4. The van der Waals surface area contributed by atoms with Crippen LogP contribution in [0.5, 0.6) is 5.75 Å². The van der Waals surface area contributed by atoms with E-state index in [1.165, 1.54) is 12.1 Å². The summed E-state index contributed by atoms with van der Waals surface area (Å²) in [5.74, 6) is -3.37. The Labute approximate surface area is 245 Å². The molecule has 0 radical (unpaired) electrons. The van der Waals surface area contributed by atoms with Gasteiger partial charge in [-0.1, -0.05) is 64.4 Å². The number of amides is 3. The molecule has 11 heteroatoms. The number of carbonyl (C=O) groups excluding carboxylic acids is 3. The Hall–Kier alpha value is -4.38. The molecular formula is C31H41N5O6. The monoisotopic (exact) mass is 579 g/mol. The molecule has 0 aliphatic rings. The molecule has 42 heavy (non-hydrogen) atoms. The van der Waals surface area contributed by atoms with E-state index in [2.05, 4.69) is 20.9 Å². The molecule has 5 atom stereocenters. The van der Waals surface area contributed by atoms with Crippen LogP contribution < -0.4 is 21.7 Å². The molecule has 3 amide bonds. The largest absolute Gasteiger partial charge is 0.508 e. The van der Waals surface area contributed by atoms with E-state index >= 15 is 0 Å². The van der Waals surface area contributed by atoms with Gasteiger partial charge in [-0.25, -0.2) is 4.79 Å². The topological polar surface area (TPSA) is 187 Å². The van der Waals surface area contributed by atoms with Crippen LogP contribution in [0, 0.1) is 11.8 Å². The van der Waals surface area contributed by atoms with Crippen molar-refractivity contribution in [2.75, 3.05) is 0 Å². The molecule has 8 N–H and O–H groups in total. The number of H-pyrrole nitrogens is 1. The number of carboxylic acids is 1. The van der Waals surface area contributed by atoms with Gasteiger partial charge in [0.05, 0.1) is 6.04 Å². The van der Waals surface area contributed by atoms with Crippen molar-refractivity contribution in [3.8, 4) is 5.75 Å². The molecule has 226 valence electrons. The van der Waals surface area contributed by atoms with Crippen LogP contribution in [-0.4, -0.2) is 63.1 Å². The van der Waals surface area contributed by atoms with E-state index in [0.29, 0.717) is 12.0 Å². The standard InChI is InChI=1S/C31H41N5O6/c1-5-18(4)26(32)29(39)36-27(17(2)3)30(40)34-24(15-20-16-33-23-9-7-6-8-22(20)23)28(38)35-25(31(41)42)14-19-10-12-21(37)13-11-19/h6-13,16-18,24-27,33,37H,5,14-15,32H2,1-4H3,(H,34,40)(H,35,38)(H,36,39)(H,41,42). The van der Waals surface area contributed by atoms with Crippen molar-refractivity contribution in [1.29, 1.82) is 0 Å². The van der Waals surface area contributed by atoms with Crippen LogP contribution in [0.2, 0.25) is 0 Å². The number of phenols is 1. The van der Waals surface area contributed by atoms with Crippen molar-refractivity contribution in [3.05, 3.63) is 65.9 Å². The third kappa shape index (κ3) is 8.32. The fourth-order valence-corrected chi connectivity index (χ4v) is 4.63. The maximum Gasteiger partial charge on any atom is 0.326 e. The van der Waals surface area contributed by atoms with E-state index in [0.717, 1.165) is 16.5 Å². The maximum atomic E-state index is 13.6. The zero-order valence-electron chi connectivity index (χ0n) is 24.4. The highest BCUT2D eigenvalue weighted by Crippen LogP contribution is 2.20. The van der Waals surface area contributed by atoms with Gasteiger partial charge in [0.1, 0.15) is 23.9 Å². The van der Waals surface area contributed by atoms with Gasteiger partial charge in [0.25, 0.3) is 0 Å². The fourth-order valence-electron chi connectivity index (χ4n) is 4.63. The van der Waals surface area contributed by atoms with Crippen molar-refractivity contribution in [1.82, 2.24) is 20.9 Å². The fraction of sp³-hybridized carbons (Fsp3) is 0.419. The molecule has 11 nitrogen and oxygen atoms in total. The minimum Gasteiger partial charge on any atom is -0.508 e. The summed E-state index contributed by atoms with van der Waals surface area (Å²) < 4.78 is 0. The number of hydrogen-bond donors (Lipinski definition) is 7. The summed E-state index contributed by atoms with van der Waals surface area (Å²) in [6.07, 6.45) is 2.47. The van der Waals surface area contributed by atoms with Crippen LogP contribution in [0.3, 0.4) is 0 Å². The summed E-state index contributed by atoms with van der Waals surface area (Å²) in [5, 5.41) is 28.3. The Morgan fingerprint density at radius 1 is 0.857 bits per heavy atom. The third-order valence-electron chi connectivity index (χ3n) is 7.53. The number of benzene rings is 2. The van der Waals surface area contributed by atoms with Gasteiger partial charge in [0, 0.05) is 29.9 Å². The molecule has 5 unspecified atom stereocenters. The van der Waals surface area contributed by atoms with Gasteiger partial charge in [-0.3, -0.25) is 14.4 Å². The molecule has 0 fully saturated rings. The van der Waals surface area contributed by atoms with Crippen LogP contribution >= 0.6 is 0 Å². The number of carboxylic acid groups (broad SMARTS) is 1. The summed E-state index contributed by atoms with van der Waals surface area (Å²) in [6, 6.07) is 9.29. The highest BCUT2D eigenvalue weighted by molar-refractivity contribution is 5.95. The molecule has 0 bridgehead atoms. The number of rotatable bonds is 14. The van der Waals surface area contributed by atoms with E-state index in [9.17, 15) is 29.4 Å². The summed E-state index contributed by atoms with van der Waals surface area (Å²) in [5.41, 5.74) is 8.28. The number of hydrogen-bond acceptors (Lipinski definition) is 6. The second-order valence-electron chi connectivity index (χ2n) is 11.0. The van der Waals surface area contributed by atoms with Crippen molar-refractivity contribution >= 4 is 34.6 Å². The third-order valence-corrected chi connectivity index (χ3v) is 7.53. The lowest BCUT2D eigenvalue weighted by atomic mass is 9.97. The minimum atomic E-state index is -1.29. The van der Waals surface area contributed by atoms with E-state index < -0.39 is 47.9 Å². The van der Waals surface area contributed by atoms with Crippen LogP contribution in [-0.2, 0) is 32.0 Å². The lowest BCUT2D eigenvalue weighted by Gasteiger charge is -2.28. The van der Waals surface area contributed by atoms with Crippen LogP contribution in [0.25, 0.3) is 10.9 Å². The summed E-state index contributed by atoms with van der Waals surface area (Å²) in [7, 11) is 0. The van der Waals surface area contributed by atoms with Gasteiger partial charge < -0.3 is 36.9 Å². The zero-order chi connectivity index (χ0) is 31.0.